The highest BCUT2D eigenvalue weighted by atomic mass is 32.2. The number of anilines is 1. The van der Waals surface area contributed by atoms with Crippen LogP contribution in [0, 0.1) is 0 Å². The Hall–Kier alpha value is -1.94. The van der Waals surface area contributed by atoms with Gasteiger partial charge in [-0.15, -0.1) is 11.8 Å². The van der Waals surface area contributed by atoms with Gasteiger partial charge in [0, 0.05) is 29.8 Å². The van der Waals surface area contributed by atoms with Crippen molar-refractivity contribution in [1.82, 2.24) is 9.88 Å². The molecule has 6 nitrogen and oxygen atoms in total. The summed E-state index contributed by atoms with van der Waals surface area (Å²) in [6.07, 6.45) is 1.19. The number of benzene rings is 2. The molecule has 0 aliphatic rings. The van der Waals surface area contributed by atoms with Crippen LogP contribution in [0.1, 0.15) is 31.1 Å². The van der Waals surface area contributed by atoms with Crippen LogP contribution in [-0.4, -0.2) is 62.4 Å². The van der Waals surface area contributed by atoms with Gasteiger partial charge in [0.05, 0.1) is 15.1 Å². The minimum absolute atomic E-state index is 0.104. The van der Waals surface area contributed by atoms with Crippen molar-refractivity contribution in [3.8, 4) is 0 Å². The van der Waals surface area contributed by atoms with E-state index in [9.17, 15) is 13.2 Å². The molecule has 0 bridgehead atoms. The summed E-state index contributed by atoms with van der Waals surface area (Å²) < 4.78 is 24.6. The van der Waals surface area contributed by atoms with E-state index in [4.69, 9.17) is 0 Å². The molecule has 0 N–H and O–H groups in total. The molecule has 32 heavy (non-hydrogen) atoms. The minimum Gasteiger partial charge on any atom is -0.302 e. The van der Waals surface area contributed by atoms with E-state index in [0.29, 0.717) is 22.8 Å². The summed E-state index contributed by atoms with van der Waals surface area (Å²) in [5.74, 6) is 0.873. The van der Waals surface area contributed by atoms with E-state index >= 15 is 0 Å². The maximum Gasteiger partial charge on any atom is 0.260 e. The molecule has 3 aromatic rings. The SMILES string of the molecule is CCSc1ccc(C(=O)N(CCN(CC)CC)c2nc3ccc(S(C)(=O)=O)cc3s2)cc1. The van der Waals surface area contributed by atoms with Gasteiger partial charge in [-0.05, 0) is 61.3 Å². The molecule has 0 spiro atoms. The molecular formula is C23H29N3O3S3. The van der Waals surface area contributed by atoms with E-state index in [1.807, 2.05) is 24.3 Å². The second-order valence-electron chi connectivity index (χ2n) is 7.34. The zero-order valence-electron chi connectivity index (χ0n) is 18.9. The average Bonchev–Trinajstić information content (AvgIpc) is 3.19. The lowest BCUT2D eigenvalue weighted by Gasteiger charge is -2.24. The van der Waals surface area contributed by atoms with E-state index in [2.05, 4.69) is 30.7 Å². The maximum atomic E-state index is 13.5. The molecule has 0 saturated carbocycles. The molecule has 2 aromatic carbocycles. The van der Waals surface area contributed by atoms with Crippen LogP contribution in [0.4, 0.5) is 5.13 Å². The number of nitrogens with zero attached hydrogens (tertiary/aromatic N) is 3. The maximum absolute atomic E-state index is 13.5. The summed E-state index contributed by atoms with van der Waals surface area (Å²) in [7, 11) is -3.31. The second kappa shape index (κ2) is 10.8. The van der Waals surface area contributed by atoms with Crippen molar-refractivity contribution >= 4 is 54.2 Å². The van der Waals surface area contributed by atoms with E-state index in [0.717, 1.165) is 35.0 Å². The molecular weight excluding hydrogens is 462 g/mol. The highest BCUT2D eigenvalue weighted by Crippen LogP contribution is 2.31. The number of hydrogen-bond acceptors (Lipinski definition) is 7. The van der Waals surface area contributed by atoms with Crippen LogP contribution in [0.2, 0.25) is 0 Å². The Labute approximate surface area is 198 Å². The molecule has 0 fully saturated rings. The first kappa shape index (κ1) is 24.7. The van der Waals surface area contributed by atoms with Gasteiger partial charge in [-0.25, -0.2) is 13.4 Å². The Balaban J connectivity index is 1.97. The normalized spacial score (nSPS) is 11.9. The Morgan fingerprint density at radius 2 is 1.72 bits per heavy atom. The molecule has 0 atom stereocenters. The lowest BCUT2D eigenvalue weighted by Crippen LogP contribution is -2.38. The molecule has 172 valence electrons. The van der Waals surface area contributed by atoms with Gasteiger partial charge in [0.15, 0.2) is 15.0 Å². The number of amides is 1. The van der Waals surface area contributed by atoms with Gasteiger partial charge in [0.1, 0.15) is 0 Å². The van der Waals surface area contributed by atoms with Gasteiger partial charge in [-0.3, -0.25) is 9.69 Å². The fourth-order valence-electron chi connectivity index (χ4n) is 3.32. The highest BCUT2D eigenvalue weighted by Gasteiger charge is 2.22. The van der Waals surface area contributed by atoms with Crippen LogP contribution in [-0.2, 0) is 9.84 Å². The third kappa shape index (κ3) is 5.89. The Morgan fingerprint density at radius 1 is 1.03 bits per heavy atom. The molecule has 3 rings (SSSR count). The summed E-state index contributed by atoms with van der Waals surface area (Å²) in [4.78, 5) is 23.5. The number of thioether (sulfide) groups is 1. The van der Waals surface area contributed by atoms with Crippen LogP contribution in [0.25, 0.3) is 10.2 Å². The number of carbonyl (C=O) groups is 1. The van der Waals surface area contributed by atoms with Gasteiger partial charge in [-0.1, -0.05) is 32.1 Å². The van der Waals surface area contributed by atoms with Gasteiger partial charge < -0.3 is 4.90 Å². The van der Waals surface area contributed by atoms with Crippen LogP contribution in [0.15, 0.2) is 52.3 Å². The van der Waals surface area contributed by atoms with Crippen LogP contribution in [0.5, 0.6) is 0 Å². The lowest BCUT2D eigenvalue weighted by atomic mass is 10.2. The number of thiazole rings is 1. The van der Waals surface area contributed by atoms with Gasteiger partial charge >= 0.3 is 0 Å². The highest BCUT2D eigenvalue weighted by molar-refractivity contribution is 7.99. The standard InChI is InChI=1S/C23H29N3O3S3/c1-5-25(6-2)14-15-26(22(27)17-8-10-18(11-9-17)30-7-3)23-24-20-13-12-19(32(4,28)29)16-21(20)31-23/h8-13,16H,5-7,14-15H2,1-4H3. The van der Waals surface area contributed by atoms with E-state index in [-0.39, 0.29) is 10.8 Å². The fraction of sp³-hybridized carbons (Fsp3) is 0.391. The molecule has 9 heteroatoms. The van der Waals surface area contributed by atoms with E-state index in [1.54, 1.807) is 34.9 Å². The summed E-state index contributed by atoms with van der Waals surface area (Å²) in [6, 6.07) is 12.6. The lowest BCUT2D eigenvalue weighted by molar-refractivity contribution is 0.0983. The molecule has 0 saturated heterocycles. The van der Waals surface area contributed by atoms with Gasteiger partial charge in [-0.2, -0.15) is 0 Å². The van der Waals surface area contributed by atoms with Gasteiger partial charge in [0.2, 0.25) is 0 Å². The predicted molar refractivity (Wildman–Crippen MR) is 135 cm³/mol. The predicted octanol–water partition coefficient (Wildman–Crippen LogP) is 4.80. The average molecular weight is 492 g/mol. The molecule has 1 heterocycles. The van der Waals surface area contributed by atoms with Crippen molar-refractivity contribution < 1.29 is 13.2 Å². The number of rotatable bonds is 10. The molecule has 0 aliphatic heterocycles. The first-order chi connectivity index (χ1) is 15.3. The fourth-order valence-corrected chi connectivity index (χ4v) is 5.73. The minimum atomic E-state index is -3.31. The van der Waals surface area contributed by atoms with E-state index < -0.39 is 9.84 Å². The zero-order valence-corrected chi connectivity index (χ0v) is 21.3. The van der Waals surface area contributed by atoms with Crippen molar-refractivity contribution in [3.63, 3.8) is 0 Å². The number of aromatic nitrogens is 1. The summed E-state index contributed by atoms with van der Waals surface area (Å²) in [5.41, 5.74) is 1.30. The number of carbonyl (C=O) groups excluding carboxylic acids is 1. The van der Waals surface area contributed by atoms with Crippen LogP contribution >= 0.6 is 23.1 Å². The van der Waals surface area contributed by atoms with Crippen molar-refractivity contribution in [2.45, 2.75) is 30.6 Å². The Kier molecular flexibility index (Phi) is 8.32. The third-order valence-corrected chi connectivity index (χ3v) is 8.24. The topological polar surface area (TPSA) is 70.6 Å². The van der Waals surface area contributed by atoms with Crippen molar-refractivity contribution in [2.24, 2.45) is 0 Å². The Bertz CT molecular complexity index is 1170. The van der Waals surface area contributed by atoms with E-state index in [1.165, 1.54) is 17.6 Å². The largest absolute Gasteiger partial charge is 0.302 e. The van der Waals surface area contributed by atoms with Crippen LogP contribution < -0.4 is 4.90 Å². The summed E-state index contributed by atoms with van der Waals surface area (Å²) in [6.45, 7) is 9.34. The number of fused-ring (bicyclic) bond motifs is 1. The molecule has 0 unspecified atom stereocenters. The first-order valence-electron chi connectivity index (χ1n) is 10.6. The molecule has 1 aromatic heterocycles. The van der Waals surface area contributed by atoms with Crippen molar-refractivity contribution in [1.29, 1.82) is 0 Å². The number of hydrogen-bond donors (Lipinski definition) is 0. The third-order valence-electron chi connectivity index (χ3n) is 5.20. The monoisotopic (exact) mass is 491 g/mol. The molecule has 1 amide bonds. The van der Waals surface area contributed by atoms with Crippen molar-refractivity contribution in [2.75, 3.05) is 43.1 Å². The Morgan fingerprint density at radius 3 is 2.31 bits per heavy atom. The number of likely N-dealkylation sites (N-methyl/N-ethyl adjacent to an activating group) is 1. The molecule has 0 aliphatic carbocycles. The zero-order chi connectivity index (χ0) is 23.3. The molecule has 0 radical (unpaired) electrons. The van der Waals surface area contributed by atoms with Gasteiger partial charge in [0.25, 0.3) is 5.91 Å². The quantitative estimate of drug-likeness (QED) is 0.380. The number of sulfone groups is 1. The van der Waals surface area contributed by atoms with Crippen molar-refractivity contribution in [3.05, 3.63) is 48.0 Å². The smallest absolute Gasteiger partial charge is 0.260 e. The van der Waals surface area contributed by atoms with Crippen LogP contribution in [0.3, 0.4) is 0 Å². The second-order valence-corrected chi connectivity index (χ2v) is 11.7. The summed E-state index contributed by atoms with van der Waals surface area (Å²) in [5, 5.41) is 0.579. The first-order valence-corrected chi connectivity index (χ1v) is 14.3. The summed E-state index contributed by atoms with van der Waals surface area (Å²) >= 11 is 3.08.